The monoisotopic (exact) mass is 443 g/mol. The molecule has 0 fully saturated rings. The third-order valence-electron chi connectivity index (χ3n) is 4.47. The summed E-state index contributed by atoms with van der Waals surface area (Å²) in [6.07, 6.45) is -0.730. The average molecular weight is 444 g/mol. The zero-order chi connectivity index (χ0) is 21.3. The molecule has 2 aromatic rings. The Balaban J connectivity index is 1.95. The number of alkyl halides is 2. The van der Waals surface area contributed by atoms with Gasteiger partial charge < -0.3 is 14.0 Å². The predicted molar refractivity (Wildman–Crippen MR) is 111 cm³/mol. The Morgan fingerprint density at radius 3 is 2.00 bits per heavy atom. The van der Waals surface area contributed by atoms with Crippen LogP contribution in [0.3, 0.4) is 0 Å². The van der Waals surface area contributed by atoms with Gasteiger partial charge in [0, 0.05) is 11.3 Å². The standard InChI is InChI=1S/C21H26ClFO5S/c1-21(2,16-4-8-19(9-5-16)26-13-3-12-22)17-6-10-20(11-7-17)27-14-18(23)15-28-29(24)25/h4-11,18H,3,12-15H2,1-2H3,(H,24,25)/p-1. The van der Waals surface area contributed by atoms with Crippen LogP contribution in [0.2, 0.25) is 0 Å². The first-order valence-electron chi connectivity index (χ1n) is 9.22. The largest absolute Gasteiger partial charge is 0.750 e. The van der Waals surface area contributed by atoms with Gasteiger partial charge in [-0.3, -0.25) is 4.18 Å². The molecule has 0 saturated carbocycles. The van der Waals surface area contributed by atoms with Gasteiger partial charge in [0.15, 0.2) is 6.17 Å². The predicted octanol–water partition coefficient (Wildman–Crippen LogP) is 4.55. The van der Waals surface area contributed by atoms with E-state index in [1.54, 1.807) is 12.1 Å². The molecule has 8 heteroatoms. The quantitative estimate of drug-likeness (QED) is 0.273. The Kier molecular flexibility index (Phi) is 9.36. The van der Waals surface area contributed by atoms with Crippen molar-refractivity contribution in [2.45, 2.75) is 31.9 Å². The lowest BCUT2D eigenvalue weighted by Gasteiger charge is -2.26. The molecule has 0 N–H and O–H groups in total. The first kappa shape index (κ1) is 23.6. The fraction of sp³-hybridized carbons (Fsp3) is 0.429. The highest BCUT2D eigenvalue weighted by Gasteiger charge is 2.23. The second-order valence-corrected chi connectivity index (χ2v) is 7.98. The van der Waals surface area contributed by atoms with Crippen molar-refractivity contribution in [3.8, 4) is 11.5 Å². The van der Waals surface area contributed by atoms with Crippen molar-refractivity contribution in [1.82, 2.24) is 0 Å². The Hall–Kier alpha value is -1.67. The van der Waals surface area contributed by atoms with E-state index in [9.17, 15) is 13.2 Å². The molecule has 0 aliphatic carbocycles. The Labute approximate surface area is 178 Å². The van der Waals surface area contributed by atoms with Gasteiger partial charge in [0.1, 0.15) is 18.1 Å². The van der Waals surface area contributed by atoms with E-state index in [0.29, 0.717) is 18.2 Å². The van der Waals surface area contributed by atoms with E-state index in [-0.39, 0.29) is 12.0 Å². The van der Waals surface area contributed by atoms with Crippen molar-refractivity contribution in [1.29, 1.82) is 0 Å². The molecule has 0 amide bonds. The van der Waals surface area contributed by atoms with Gasteiger partial charge in [-0.25, -0.2) is 8.60 Å². The van der Waals surface area contributed by atoms with Gasteiger partial charge in [-0.2, -0.15) is 0 Å². The minimum atomic E-state index is -2.73. The summed E-state index contributed by atoms with van der Waals surface area (Å²) in [6.45, 7) is 3.97. The molecule has 0 heterocycles. The molecule has 0 aromatic heterocycles. The van der Waals surface area contributed by atoms with Crippen molar-refractivity contribution >= 4 is 23.0 Å². The van der Waals surface area contributed by atoms with Gasteiger partial charge in [-0.1, -0.05) is 38.1 Å². The van der Waals surface area contributed by atoms with Gasteiger partial charge >= 0.3 is 0 Å². The van der Waals surface area contributed by atoms with Crippen LogP contribution in [0.4, 0.5) is 4.39 Å². The molecular weight excluding hydrogens is 419 g/mol. The van der Waals surface area contributed by atoms with Crippen molar-refractivity contribution in [3.05, 3.63) is 59.7 Å². The van der Waals surface area contributed by atoms with Crippen LogP contribution < -0.4 is 9.47 Å². The second kappa shape index (κ2) is 11.5. The maximum atomic E-state index is 13.5. The Bertz CT molecular complexity index is 768. The molecule has 2 atom stereocenters. The molecule has 29 heavy (non-hydrogen) atoms. The number of hydrogen-bond acceptors (Lipinski definition) is 5. The molecule has 160 valence electrons. The lowest BCUT2D eigenvalue weighted by Crippen LogP contribution is -2.20. The zero-order valence-corrected chi connectivity index (χ0v) is 18.0. The van der Waals surface area contributed by atoms with Crippen molar-refractivity contribution in [2.24, 2.45) is 0 Å². The van der Waals surface area contributed by atoms with Crippen LogP contribution in [0.1, 0.15) is 31.4 Å². The van der Waals surface area contributed by atoms with Crippen LogP contribution in [0.15, 0.2) is 48.5 Å². The van der Waals surface area contributed by atoms with Crippen LogP contribution in [-0.4, -0.2) is 40.6 Å². The normalized spacial score (nSPS) is 13.7. The van der Waals surface area contributed by atoms with Crippen LogP contribution in [0.5, 0.6) is 11.5 Å². The van der Waals surface area contributed by atoms with Crippen LogP contribution >= 0.6 is 11.6 Å². The Morgan fingerprint density at radius 2 is 1.52 bits per heavy atom. The van der Waals surface area contributed by atoms with Gasteiger partial charge in [0.05, 0.1) is 24.6 Å². The molecule has 0 spiro atoms. The fourth-order valence-corrected chi connectivity index (χ4v) is 3.08. The van der Waals surface area contributed by atoms with Crippen molar-refractivity contribution in [2.75, 3.05) is 25.7 Å². The molecular formula is C21H25ClFO5S-. The van der Waals surface area contributed by atoms with E-state index in [0.717, 1.165) is 23.3 Å². The summed E-state index contributed by atoms with van der Waals surface area (Å²) < 4.78 is 49.2. The summed E-state index contributed by atoms with van der Waals surface area (Å²) in [5.41, 5.74) is 1.95. The molecule has 0 bridgehead atoms. The molecule has 2 aromatic carbocycles. The second-order valence-electron chi connectivity index (χ2n) is 6.96. The highest BCUT2D eigenvalue weighted by atomic mass is 35.5. The first-order valence-corrected chi connectivity index (χ1v) is 10.8. The maximum Gasteiger partial charge on any atom is 0.158 e. The average Bonchev–Trinajstić information content (AvgIpc) is 2.71. The minimum Gasteiger partial charge on any atom is -0.750 e. The van der Waals surface area contributed by atoms with E-state index in [4.69, 9.17) is 21.1 Å². The van der Waals surface area contributed by atoms with Crippen molar-refractivity contribution < 1.29 is 26.8 Å². The first-order chi connectivity index (χ1) is 13.8. The smallest absolute Gasteiger partial charge is 0.158 e. The lowest BCUT2D eigenvalue weighted by atomic mass is 9.78. The molecule has 2 unspecified atom stereocenters. The topological polar surface area (TPSA) is 67.8 Å². The van der Waals surface area contributed by atoms with E-state index in [1.807, 2.05) is 36.4 Å². The Morgan fingerprint density at radius 1 is 1.00 bits per heavy atom. The number of halogens is 2. The van der Waals surface area contributed by atoms with E-state index >= 15 is 0 Å². The van der Waals surface area contributed by atoms with E-state index in [1.165, 1.54) is 0 Å². The van der Waals surface area contributed by atoms with Crippen LogP contribution in [0, 0.1) is 0 Å². The summed E-state index contributed by atoms with van der Waals surface area (Å²) >= 11 is 2.93. The lowest BCUT2D eigenvalue weighted by molar-refractivity contribution is 0.135. The molecule has 0 radical (unpaired) electrons. The number of benzene rings is 2. The maximum absolute atomic E-state index is 13.5. The van der Waals surface area contributed by atoms with Gasteiger partial charge in [-0.05, 0) is 41.8 Å². The molecule has 5 nitrogen and oxygen atoms in total. The highest BCUT2D eigenvalue weighted by molar-refractivity contribution is 7.74. The summed E-state index contributed by atoms with van der Waals surface area (Å²) in [5.74, 6) is 1.88. The summed E-state index contributed by atoms with van der Waals surface area (Å²) in [7, 11) is 0. The summed E-state index contributed by atoms with van der Waals surface area (Å²) in [4.78, 5) is 0. The molecule has 0 aliphatic heterocycles. The third-order valence-corrected chi connectivity index (χ3v) is 5.07. The molecule has 2 rings (SSSR count). The third kappa shape index (κ3) is 7.59. The number of rotatable bonds is 12. The summed E-state index contributed by atoms with van der Waals surface area (Å²) in [5, 5.41) is 0. The minimum absolute atomic E-state index is 0.248. The van der Waals surface area contributed by atoms with Gasteiger partial charge in [0.2, 0.25) is 0 Å². The highest BCUT2D eigenvalue weighted by Crippen LogP contribution is 2.33. The SMILES string of the molecule is CC(C)(c1ccc(OCCCCl)cc1)c1ccc(OCC(F)COS(=O)[O-])cc1. The van der Waals surface area contributed by atoms with E-state index in [2.05, 4.69) is 18.0 Å². The number of ether oxygens (including phenoxy) is 2. The zero-order valence-electron chi connectivity index (χ0n) is 16.4. The van der Waals surface area contributed by atoms with Gasteiger partial charge in [0.25, 0.3) is 0 Å². The van der Waals surface area contributed by atoms with E-state index < -0.39 is 24.1 Å². The van der Waals surface area contributed by atoms with Crippen LogP contribution in [0.25, 0.3) is 0 Å². The summed E-state index contributed by atoms with van der Waals surface area (Å²) in [6, 6.07) is 15.3. The fourth-order valence-electron chi connectivity index (χ4n) is 2.71. The van der Waals surface area contributed by atoms with Crippen LogP contribution in [-0.2, 0) is 21.0 Å². The van der Waals surface area contributed by atoms with Gasteiger partial charge in [-0.15, -0.1) is 11.6 Å². The van der Waals surface area contributed by atoms with Crippen molar-refractivity contribution in [3.63, 3.8) is 0 Å². The molecule has 0 saturated heterocycles. The number of hydrogen-bond donors (Lipinski definition) is 0. The molecule has 0 aliphatic rings.